The van der Waals surface area contributed by atoms with Crippen molar-refractivity contribution in [2.24, 2.45) is 29.6 Å². The maximum Gasteiger partial charge on any atom is 0.0520 e. The number of anilines is 1. The van der Waals surface area contributed by atoms with E-state index in [1.165, 1.54) is 40.1 Å². The minimum atomic E-state index is -0.0600. The first-order chi connectivity index (χ1) is 29.3. The molecule has 294 valence electrons. The van der Waals surface area contributed by atoms with Crippen molar-refractivity contribution in [3.63, 3.8) is 0 Å². The van der Waals surface area contributed by atoms with E-state index in [0.717, 1.165) is 51.4 Å². The standard InChI is InChI=1S/C57H56N2/c1-3-21-42(22-4-1)58(54-31-15-20-40-18-9-10-25-46(40)54)45-35-36-48-47-26-11-13-28-50(47)57(53(48)38-45)51-29-14-12-27-49(51)56-52(57)30-16-32-55(56)59(43-23-5-2-6-24-43)44-34-33-39-17-7-8-19-41(39)37-44/h1-7,9-13,15-18,21,23,25-28,30-36,40,42-45,47-48,50,53H,8,14,19-20,22,24,29,37-38H2. The molecule has 10 unspecified atom stereocenters. The Bertz CT molecular complexity index is 2450. The number of nitrogens with zero attached hydrogens (tertiary/aromatic N) is 2. The van der Waals surface area contributed by atoms with E-state index >= 15 is 0 Å². The Morgan fingerprint density at radius 3 is 2.25 bits per heavy atom. The molecule has 1 aromatic rings. The van der Waals surface area contributed by atoms with Gasteiger partial charge in [-0.3, -0.25) is 0 Å². The topological polar surface area (TPSA) is 6.48 Å². The highest BCUT2D eigenvalue weighted by Crippen LogP contribution is 2.70. The Morgan fingerprint density at radius 2 is 1.37 bits per heavy atom. The van der Waals surface area contributed by atoms with Crippen molar-refractivity contribution in [2.45, 2.75) is 87.4 Å². The van der Waals surface area contributed by atoms with Crippen LogP contribution in [0.1, 0.15) is 68.9 Å². The zero-order valence-electron chi connectivity index (χ0n) is 34.2. The molecular formula is C57H56N2. The maximum atomic E-state index is 2.85. The van der Waals surface area contributed by atoms with E-state index in [2.05, 4.69) is 186 Å². The summed E-state index contributed by atoms with van der Waals surface area (Å²) < 4.78 is 0. The lowest BCUT2D eigenvalue weighted by Crippen LogP contribution is -2.48. The van der Waals surface area contributed by atoms with Crippen LogP contribution in [0.5, 0.6) is 0 Å². The van der Waals surface area contributed by atoms with Gasteiger partial charge in [-0.25, -0.2) is 0 Å². The summed E-state index contributed by atoms with van der Waals surface area (Å²) in [5.41, 5.74) is 13.8. The van der Waals surface area contributed by atoms with Crippen molar-refractivity contribution in [3.8, 4) is 0 Å². The van der Waals surface area contributed by atoms with Gasteiger partial charge in [-0.05, 0) is 116 Å². The van der Waals surface area contributed by atoms with Gasteiger partial charge in [-0.2, -0.15) is 0 Å². The molecule has 10 atom stereocenters. The van der Waals surface area contributed by atoms with Crippen molar-refractivity contribution < 1.29 is 0 Å². The van der Waals surface area contributed by atoms with Gasteiger partial charge in [-0.15, -0.1) is 0 Å². The van der Waals surface area contributed by atoms with Gasteiger partial charge in [0.2, 0.25) is 0 Å². The van der Waals surface area contributed by atoms with Gasteiger partial charge in [0.1, 0.15) is 0 Å². The van der Waals surface area contributed by atoms with E-state index in [1.54, 1.807) is 16.7 Å². The lowest BCUT2D eigenvalue weighted by Gasteiger charge is -2.48. The second-order valence-electron chi connectivity index (χ2n) is 18.7. The van der Waals surface area contributed by atoms with Gasteiger partial charge in [0.25, 0.3) is 0 Å². The zero-order valence-corrected chi connectivity index (χ0v) is 34.2. The van der Waals surface area contributed by atoms with Crippen LogP contribution < -0.4 is 4.90 Å². The number of rotatable bonds is 6. The number of benzene rings is 1. The zero-order chi connectivity index (χ0) is 38.9. The molecule has 0 aromatic heterocycles. The van der Waals surface area contributed by atoms with Gasteiger partial charge in [-0.1, -0.05) is 175 Å². The molecule has 0 bridgehead atoms. The van der Waals surface area contributed by atoms with Crippen molar-refractivity contribution in [2.75, 3.05) is 4.90 Å². The second kappa shape index (κ2) is 14.4. The first kappa shape index (κ1) is 35.6. The van der Waals surface area contributed by atoms with Crippen LogP contribution in [0.3, 0.4) is 0 Å². The summed E-state index contributed by atoms with van der Waals surface area (Å²) >= 11 is 0. The lowest BCUT2D eigenvalue weighted by molar-refractivity contribution is 0.171. The molecule has 1 spiro atoms. The van der Waals surface area contributed by atoms with Gasteiger partial charge in [0, 0.05) is 34.3 Å². The summed E-state index contributed by atoms with van der Waals surface area (Å²) in [6.45, 7) is 0. The molecule has 0 N–H and O–H groups in total. The highest BCUT2D eigenvalue weighted by Gasteiger charge is 2.64. The average Bonchev–Trinajstić information content (AvgIpc) is 3.78. The van der Waals surface area contributed by atoms with Crippen LogP contribution in [0.25, 0.3) is 5.57 Å². The van der Waals surface area contributed by atoms with E-state index in [9.17, 15) is 0 Å². The van der Waals surface area contributed by atoms with E-state index in [1.807, 2.05) is 0 Å². The van der Waals surface area contributed by atoms with E-state index in [0.29, 0.717) is 53.8 Å². The lowest BCUT2D eigenvalue weighted by atomic mass is 9.60. The summed E-state index contributed by atoms with van der Waals surface area (Å²) in [6.07, 6.45) is 73.1. The predicted molar refractivity (Wildman–Crippen MR) is 246 cm³/mol. The number of hydrogen-bond donors (Lipinski definition) is 0. The van der Waals surface area contributed by atoms with Gasteiger partial charge < -0.3 is 9.80 Å². The molecule has 2 heteroatoms. The molecule has 0 amide bonds. The summed E-state index contributed by atoms with van der Waals surface area (Å²) in [5, 5.41) is 0. The molecule has 0 saturated heterocycles. The van der Waals surface area contributed by atoms with Gasteiger partial charge >= 0.3 is 0 Å². The molecule has 1 fully saturated rings. The molecule has 0 heterocycles. The third kappa shape index (κ3) is 5.51. The fraction of sp³-hybridized carbons (Fsp3) is 0.333. The molecule has 0 radical (unpaired) electrons. The first-order valence-electron chi connectivity index (χ1n) is 22.9. The Balaban J connectivity index is 1.02. The molecule has 11 aliphatic carbocycles. The minimum Gasteiger partial charge on any atom is -0.358 e. The minimum absolute atomic E-state index is 0.0600. The Morgan fingerprint density at radius 1 is 0.559 bits per heavy atom. The second-order valence-corrected chi connectivity index (χ2v) is 18.7. The van der Waals surface area contributed by atoms with Crippen LogP contribution >= 0.6 is 0 Å². The largest absolute Gasteiger partial charge is 0.358 e. The molecule has 59 heavy (non-hydrogen) atoms. The predicted octanol–water partition coefficient (Wildman–Crippen LogP) is 12.8. The number of hydrogen-bond acceptors (Lipinski definition) is 2. The highest BCUT2D eigenvalue weighted by molar-refractivity contribution is 5.94. The van der Waals surface area contributed by atoms with Crippen LogP contribution in [0.4, 0.5) is 5.69 Å². The molecule has 1 saturated carbocycles. The number of allylic oxidation sites excluding steroid dienone is 24. The normalized spacial score (nSPS) is 36.0. The average molecular weight is 769 g/mol. The summed E-state index contributed by atoms with van der Waals surface area (Å²) in [7, 11) is 0. The molecule has 2 nitrogen and oxygen atoms in total. The summed E-state index contributed by atoms with van der Waals surface area (Å²) in [4.78, 5) is 5.70. The molecular weight excluding hydrogens is 713 g/mol. The third-order valence-corrected chi connectivity index (χ3v) is 15.9. The van der Waals surface area contributed by atoms with E-state index in [4.69, 9.17) is 0 Å². The first-order valence-corrected chi connectivity index (χ1v) is 22.9. The Kier molecular flexibility index (Phi) is 8.71. The van der Waals surface area contributed by atoms with Crippen molar-refractivity contribution in [1.82, 2.24) is 4.90 Å². The molecule has 12 rings (SSSR count). The van der Waals surface area contributed by atoms with Crippen LogP contribution in [0.15, 0.2) is 204 Å². The summed E-state index contributed by atoms with van der Waals surface area (Å²) in [5.74, 6) is 2.35. The molecule has 11 aliphatic rings. The van der Waals surface area contributed by atoms with Gasteiger partial charge in [0.05, 0.1) is 18.1 Å². The highest BCUT2D eigenvalue weighted by atomic mass is 15.2. The van der Waals surface area contributed by atoms with E-state index in [-0.39, 0.29) is 5.41 Å². The fourth-order valence-corrected chi connectivity index (χ4v) is 13.7. The van der Waals surface area contributed by atoms with Crippen LogP contribution in [0, 0.1) is 29.6 Å². The SMILES string of the molecule is C1=CCC(N(C2=C3C=CC=CC3CC=C2)C2C=CC3C4C=CC=CC4C4(C5=C(C=CCC5)c5c(N(C6C=CC=CC6)C6C=CC7=C(CCC=C7)C6)cccc54)C3C2)C=C1. The van der Waals surface area contributed by atoms with Gasteiger partial charge in [0.15, 0.2) is 0 Å². The summed E-state index contributed by atoms with van der Waals surface area (Å²) in [6, 6.07) is 8.80. The van der Waals surface area contributed by atoms with Crippen LogP contribution in [0.2, 0.25) is 0 Å². The fourth-order valence-electron chi connectivity index (χ4n) is 13.7. The van der Waals surface area contributed by atoms with Crippen LogP contribution in [-0.4, -0.2) is 29.1 Å². The molecule has 1 aromatic carbocycles. The smallest absolute Gasteiger partial charge is 0.0520 e. The Labute approximate surface area is 351 Å². The number of fused-ring (bicyclic) bond motifs is 10. The monoisotopic (exact) mass is 768 g/mol. The quantitative estimate of drug-likeness (QED) is 0.266. The van der Waals surface area contributed by atoms with E-state index < -0.39 is 0 Å². The van der Waals surface area contributed by atoms with Crippen molar-refractivity contribution in [3.05, 3.63) is 215 Å². The third-order valence-electron chi connectivity index (χ3n) is 15.9. The van der Waals surface area contributed by atoms with Crippen molar-refractivity contribution in [1.29, 1.82) is 0 Å². The maximum absolute atomic E-state index is 2.85. The Hall–Kier alpha value is -5.34. The van der Waals surface area contributed by atoms with Crippen LogP contribution in [-0.2, 0) is 5.41 Å². The van der Waals surface area contributed by atoms with Crippen molar-refractivity contribution >= 4 is 11.3 Å². The molecule has 0 aliphatic heterocycles.